The van der Waals surface area contributed by atoms with Crippen molar-refractivity contribution < 1.29 is 19.4 Å². The van der Waals surface area contributed by atoms with E-state index in [1.165, 1.54) is 4.90 Å². The molecule has 0 radical (unpaired) electrons. The maximum atomic E-state index is 13.4. The van der Waals surface area contributed by atoms with Gasteiger partial charge in [0.2, 0.25) is 0 Å². The first-order chi connectivity index (χ1) is 16.9. The standard InChI is InChI=1S/C30H30ClNO4/c1-17-7-13-22(16-23(17)31)32-26(19-8-11-21(12-9-19)30(3,4)5)25(28(34)29(32)35)27(33)20-10-14-24(36-6)18(2)15-20/h7-16,26,33H,1-6H3/b27-25+. The number of ketones is 1. The number of hydrogen-bond acceptors (Lipinski definition) is 4. The Kier molecular flexibility index (Phi) is 6.72. The summed E-state index contributed by atoms with van der Waals surface area (Å²) in [4.78, 5) is 28.2. The van der Waals surface area contributed by atoms with E-state index >= 15 is 0 Å². The molecule has 0 bridgehead atoms. The number of aryl methyl sites for hydroxylation is 2. The summed E-state index contributed by atoms with van der Waals surface area (Å²) >= 11 is 6.39. The van der Waals surface area contributed by atoms with Gasteiger partial charge in [0.05, 0.1) is 18.7 Å². The van der Waals surface area contributed by atoms with Gasteiger partial charge in [0.15, 0.2) is 0 Å². The maximum Gasteiger partial charge on any atom is 0.300 e. The number of anilines is 1. The number of aliphatic hydroxyl groups is 1. The Morgan fingerprint density at radius 1 is 0.944 bits per heavy atom. The molecule has 0 spiro atoms. The van der Waals surface area contributed by atoms with Crippen LogP contribution in [-0.4, -0.2) is 23.9 Å². The maximum absolute atomic E-state index is 13.4. The average molecular weight is 504 g/mol. The van der Waals surface area contributed by atoms with Gasteiger partial charge >= 0.3 is 0 Å². The Bertz CT molecular complexity index is 1380. The van der Waals surface area contributed by atoms with Gasteiger partial charge in [0.1, 0.15) is 11.5 Å². The van der Waals surface area contributed by atoms with E-state index in [1.54, 1.807) is 37.4 Å². The molecule has 3 aromatic rings. The van der Waals surface area contributed by atoms with Crippen molar-refractivity contribution >= 4 is 34.7 Å². The lowest BCUT2D eigenvalue weighted by molar-refractivity contribution is -0.132. The number of carbonyl (C=O) groups is 2. The van der Waals surface area contributed by atoms with Gasteiger partial charge < -0.3 is 9.84 Å². The zero-order valence-electron chi connectivity index (χ0n) is 21.3. The van der Waals surface area contributed by atoms with Gasteiger partial charge in [-0.05, 0) is 71.8 Å². The van der Waals surface area contributed by atoms with Gasteiger partial charge in [0, 0.05) is 16.3 Å². The summed E-state index contributed by atoms with van der Waals surface area (Å²) in [6.07, 6.45) is 0. The van der Waals surface area contributed by atoms with Crippen LogP contribution in [0.25, 0.3) is 5.76 Å². The molecule has 1 heterocycles. The highest BCUT2D eigenvalue weighted by Crippen LogP contribution is 2.43. The van der Waals surface area contributed by atoms with Crippen molar-refractivity contribution in [2.75, 3.05) is 12.0 Å². The smallest absolute Gasteiger partial charge is 0.300 e. The lowest BCUT2D eigenvalue weighted by Crippen LogP contribution is -2.29. The van der Waals surface area contributed by atoms with Crippen LogP contribution in [0.3, 0.4) is 0 Å². The first kappa shape index (κ1) is 25.5. The summed E-state index contributed by atoms with van der Waals surface area (Å²) in [5.74, 6) is -1.03. The van der Waals surface area contributed by atoms with Crippen molar-refractivity contribution in [2.24, 2.45) is 0 Å². The van der Waals surface area contributed by atoms with Crippen molar-refractivity contribution in [1.29, 1.82) is 0 Å². The van der Waals surface area contributed by atoms with E-state index in [2.05, 4.69) is 20.8 Å². The second kappa shape index (κ2) is 9.47. The third-order valence-corrected chi connectivity index (χ3v) is 7.05. The number of hydrogen-bond donors (Lipinski definition) is 1. The van der Waals surface area contributed by atoms with Crippen LogP contribution in [0.15, 0.2) is 66.2 Å². The molecule has 186 valence electrons. The largest absolute Gasteiger partial charge is 0.507 e. The van der Waals surface area contributed by atoms with Crippen molar-refractivity contribution in [1.82, 2.24) is 0 Å². The average Bonchev–Trinajstić information content (AvgIpc) is 3.10. The molecule has 4 rings (SSSR count). The first-order valence-electron chi connectivity index (χ1n) is 11.8. The van der Waals surface area contributed by atoms with E-state index in [1.807, 2.05) is 44.2 Å². The molecule has 3 aromatic carbocycles. The number of halogens is 1. The van der Waals surface area contributed by atoms with Crippen molar-refractivity contribution in [3.05, 3.63) is 99.1 Å². The van der Waals surface area contributed by atoms with E-state index in [0.717, 1.165) is 16.7 Å². The number of nitrogens with zero attached hydrogens (tertiary/aromatic N) is 1. The van der Waals surface area contributed by atoms with Gasteiger partial charge in [-0.3, -0.25) is 14.5 Å². The van der Waals surface area contributed by atoms with Crippen LogP contribution in [0.2, 0.25) is 5.02 Å². The molecule has 1 fully saturated rings. The summed E-state index contributed by atoms with van der Waals surface area (Å²) in [7, 11) is 1.57. The fraction of sp³-hybridized carbons (Fsp3) is 0.267. The first-order valence-corrected chi connectivity index (χ1v) is 12.1. The van der Waals surface area contributed by atoms with Crippen LogP contribution in [0, 0.1) is 13.8 Å². The Morgan fingerprint density at radius 3 is 2.17 bits per heavy atom. The van der Waals surface area contributed by atoms with Crippen LogP contribution in [0.4, 0.5) is 5.69 Å². The van der Waals surface area contributed by atoms with Gasteiger partial charge in [0.25, 0.3) is 11.7 Å². The highest BCUT2D eigenvalue weighted by molar-refractivity contribution is 6.51. The Labute approximate surface area is 217 Å². The predicted molar refractivity (Wildman–Crippen MR) is 144 cm³/mol. The number of benzene rings is 3. The van der Waals surface area contributed by atoms with E-state index in [9.17, 15) is 14.7 Å². The van der Waals surface area contributed by atoms with E-state index in [4.69, 9.17) is 16.3 Å². The van der Waals surface area contributed by atoms with Crippen LogP contribution >= 0.6 is 11.6 Å². The lowest BCUT2D eigenvalue weighted by Gasteiger charge is -2.27. The normalized spacial score (nSPS) is 17.5. The zero-order valence-corrected chi connectivity index (χ0v) is 22.1. The molecular weight excluding hydrogens is 474 g/mol. The molecule has 0 aliphatic carbocycles. The molecule has 6 heteroatoms. The van der Waals surface area contributed by atoms with Crippen molar-refractivity contribution in [3.63, 3.8) is 0 Å². The van der Waals surface area contributed by atoms with Gasteiger partial charge in [-0.1, -0.05) is 62.7 Å². The highest BCUT2D eigenvalue weighted by atomic mass is 35.5. The summed E-state index contributed by atoms with van der Waals surface area (Å²) in [5.41, 5.74) is 4.38. The molecule has 1 unspecified atom stereocenters. The Balaban J connectivity index is 1.94. The molecule has 1 N–H and O–H groups in total. The minimum atomic E-state index is -0.819. The molecule has 1 amide bonds. The molecule has 0 saturated carbocycles. The highest BCUT2D eigenvalue weighted by Gasteiger charge is 2.47. The van der Waals surface area contributed by atoms with Gasteiger partial charge in [-0.2, -0.15) is 0 Å². The number of methoxy groups -OCH3 is 1. The minimum absolute atomic E-state index is 0.0322. The summed E-state index contributed by atoms with van der Waals surface area (Å²) < 4.78 is 5.33. The molecule has 1 atom stereocenters. The molecular formula is C30H30ClNO4. The van der Waals surface area contributed by atoms with Crippen molar-refractivity contribution in [3.8, 4) is 5.75 Å². The Morgan fingerprint density at radius 2 is 1.61 bits per heavy atom. The third-order valence-electron chi connectivity index (χ3n) is 6.64. The zero-order chi connectivity index (χ0) is 26.4. The number of carbonyl (C=O) groups excluding carboxylic acids is 2. The van der Waals surface area contributed by atoms with Gasteiger partial charge in [-0.15, -0.1) is 0 Å². The minimum Gasteiger partial charge on any atom is -0.507 e. The molecule has 1 aliphatic heterocycles. The topological polar surface area (TPSA) is 66.8 Å². The lowest BCUT2D eigenvalue weighted by atomic mass is 9.85. The molecule has 5 nitrogen and oxygen atoms in total. The van der Waals surface area contributed by atoms with E-state index in [-0.39, 0.29) is 16.7 Å². The summed E-state index contributed by atoms with van der Waals surface area (Å²) in [6, 6.07) is 17.4. The predicted octanol–water partition coefficient (Wildman–Crippen LogP) is 6.89. The van der Waals surface area contributed by atoms with Crippen molar-refractivity contribution in [2.45, 2.75) is 46.1 Å². The molecule has 0 aromatic heterocycles. The number of Topliss-reactive ketones (excluding diaryl/α,β-unsaturated/α-hetero) is 1. The third kappa shape index (κ3) is 4.51. The second-order valence-electron chi connectivity index (χ2n) is 10.2. The molecule has 1 saturated heterocycles. The number of rotatable bonds is 4. The molecule has 1 aliphatic rings. The number of aliphatic hydroxyl groups excluding tert-OH is 1. The van der Waals surface area contributed by atoms with E-state index in [0.29, 0.717) is 27.6 Å². The fourth-order valence-electron chi connectivity index (χ4n) is 4.49. The Hall–Kier alpha value is -3.57. The van der Waals surface area contributed by atoms with Crippen LogP contribution in [0.5, 0.6) is 5.75 Å². The number of ether oxygens (including phenoxy) is 1. The van der Waals surface area contributed by atoms with Crippen LogP contribution in [-0.2, 0) is 15.0 Å². The van der Waals surface area contributed by atoms with E-state index < -0.39 is 17.7 Å². The monoisotopic (exact) mass is 503 g/mol. The quantitative estimate of drug-likeness (QED) is 0.239. The SMILES string of the molecule is COc1ccc(/C(O)=C2\C(=O)C(=O)N(c3ccc(C)c(Cl)c3)C2c2ccc(C(C)(C)C)cc2)cc1C. The second-order valence-corrected chi connectivity index (χ2v) is 10.6. The number of amides is 1. The summed E-state index contributed by atoms with van der Waals surface area (Å²) in [6.45, 7) is 10.1. The fourth-order valence-corrected chi connectivity index (χ4v) is 4.67. The van der Waals surface area contributed by atoms with Crippen LogP contribution in [0.1, 0.15) is 54.6 Å². The van der Waals surface area contributed by atoms with Crippen LogP contribution < -0.4 is 9.64 Å². The van der Waals surface area contributed by atoms with Gasteiger partial charge in [-0.25, -0.2) is 0 Å². The molecule has 36 heavy (non-hydrogen) atoms. The summed E-state index contributed by atoms with van der Waals surface area (Å²) in [5, 5.41) is 11.9.